The van der Waals surface area contributed by atoms with Crippen LogP contribution >= 0.6 is 0 Å². The molecule has 2 heterocycles. The quantitative estimate of drug-likeness (QED) is 0.131. The molecule has 2 aliphatic heterocycles. The van der Waals surface area contributed by atoms with Crippen molar-refractivity contribution in [1.29, 1.82) is 0 Å². The highest BCUT2D eigenvalue weighted by molar-refractivity contribution is 5.28. The summed E-state index contributed by atoms with van der Waals surface area (Å²) in [7, 11) is 0. The molecule has 21 atom stereocenters. The van der Waals surface area contributed by atoms with E-state index in [2.05, 4.69) is 19.9 Å². The summed E-state index contributed by atoms with van der Waals surface area (Å²) in [6.45, 7) is 9.24. The molecule has 6 aliphatic rings. The number of hydrogen-bond acceptors (Lipinski definition) is 14. The molecule has 5 fully saturated rings. The van der Waals surface area contributed by atoms with Crippen molar-refractivity contribution in [1.82, 2.24) is 0 Å². The maximum Gasteiger partial charge on any atom is 0.187 e. The minimum atomic E-state index is -1.60. The van der Waals surface area contributed by atoms with Crippen LogP contribution < -0.4 is 0 Å². The third-order valence-corrected chi connectivity index (χ3v) is 14.5. The molecule has 4 aliphatic carbocycles. The number of rotatable bonds is 10. The van der Waals surface area contributed by atoms with Crippen LogP contribution in [0.4, 0.5) is 0 Å². The molecule has 14 nitrogen and oxygen atoms in total. The van der Waals surface area contributed by atoms with Crippen LogP contribution in [0.2, 0.25) is 0 Å². The molecule has 0 aromatic carbocycles. The van der Waals surface area contributed by atoms with E-state index in [4.69, 9.17) is 18.9 Å². The summed E-state index contributed by atoms with van der Waals surface area (Å²) in [6.07, 6.45) is -8.52. The second-order valence-electron chi connectivity index (χ2n) is 17.7. The van der Waals surface area contributed by atoms with Crippen molar-refractivity contribution in [2.45, 2.75) is 165 Å². The van der Waals surface area contributed by atoms with Gasteiger partial charge >= 0.3 is 0 Å². The van der Waals surface area contributed by atoms with Gasteiger partial charge in [-0.1, -0.05) is 44.1 Å². The van der Waals surface area contributed by atoms with Crippen LogP contribution in [-0.4, -0.2) is 150 Å². The monoisotopic (exact) mass is 756 g/mol. The molecule has 6 rings (SSSR count). The fraction of sp³-hybridized carbons (Fsp3) is 0.897. The zero-order valence-corrected chi connectivity index (χ0v) is 31.6. The Labute approximate surface area is 312 Å². The van der Waals surface area contributed by atoms with Gasteiger partial charge in [0, 0.05) is 11.8 Å². The minimum Gasteiger partial charge on any atom is -0.394 e. The van der Waals surface area contributed by atoms with Crippen molar-refractivity contribution in [2.24, 2.45) is 40.4 Å². The second kappa shape index (κ2) is 16.0. The summed E-state index contributed by atoms with van der Waals surface area (Å²) >= 11 is 0. The van der Waals surface area contributed by atoms with Gasteiger partial charge in [0.05, 0.1) is 37.6 Å². The summed E-state index contributed by atoms with van der Waals surface area (Å²) in [5, 5.41) is 106. The third-order valence-electron chi connectivity index (χ3n) is 14.5. The molecule has 0 radical (unpaired) electrons. The Bertz CT molecular complexity index is 1320. The molecular formula is C39H64O14. The minimum absolute atomic E-state index is 0.0699. The van der Waals surface area contributed by atoms with Gasteiger partial charge < -0.3 is 70.0 Å². The Morgan fingerprint density at radius 3 is 2.00 bits per heavy atom. The molecular weight excluding hydrogens is 692 g/mol. The molecule has 14 heteroatoms. The molecule has 53 heavy (non-hydrogen) atoms. The molecule has 0 aromatic heterocycles. The first-order valence-corrected chi connectivity index (χ1v) is 19.6. The lowest BCUT2D eigenvalue weighted by Crippen LogP contribution is -2.62. The maximum atomic E-state index is 11.6. The van der Waals surface area contributed by atoms with E-state index in [9.17, 15) is 51.1 Å². The average molecular weight is 757 g/mol. The average Bonchev–Trinajstić information content (AvgIpc) is 3.42. The van der Waals surface area contributed by atoms with Gasteiger partial charge in [0.15, 0.2) is 12.6 Å². The van der Waals surface area contributed by atoms with E-state index in [1.54, 1.807) is 0 Å². The Morgan fingerprint density at radius 2 is 1.43 bits per heavy atom. The fourth-order valence-corrected chi connectivity index (χ4v) is 11.5. The van der Waals surface area contributed by atoms with Crippen LogP contribution in [0.5, 0.6) is 0 Å². The zero-order valence-electron chi connectivity index (χ0n) is 31.6. The molecule has 304 valence electrons. The van der Waals surface area contributed by atoms with Crippen LogP contribution in [-0.2, 0) is 18.9 Å². The van der Waals surface area contributed by atoms with E-state index in [1.165, 1.54) is 0 Å². The standard InChI is InChI=1S/C39H64O14/c1-17(2)6-9-24(43)18(3)29-25(50-36-34(48)32(46)30(44)26(15-40)51-36)14-23-21-8-7-19-12-20(42)13-28(39(19,5)22(21)10-11-38(23,29)4)53-37-35(49)33(47)31(45)27(16-41)52-37/h6-7,18,20-37,40-49H,8-16H2,1-5H3/t18-,20-,21-,22+,23+,24+,25+,26-,27-,28-,29+,30-,31-,32+,33+,34-,35-,36-,37+,38-,39+/m1/s1. The zero-order chi connectivity index (χ0) is 38.7. The topological polar surface area (TPSA) is 239 Å². The van der Waals surface area contributed by atoms with Crippen molar-refractivity contribution in [3.63, 3.8) is 0 Å². The first-order valence-electron chi connectivity index (χ1n) is 19.6. The van der Waals surface area contributed by atoms with Gasteiger partial charge in [-0.25, -0.2) is 0 Å². The number of ether oxygens (including phenoxy) is 4. The normalized spacial score (nSPS) is 51.0. The van der Waals surface area contributed by atoms with Gasteiger partial charge in [-0.15, -0.1) is 0 Å². The van der Waals surface area contributed by atoms with Crippen molar-refractivity contribution in [2.75, 3.05) is 13.2 Å². The lowest BCUT2D eigenvalue weighted by molar-refractivity contribution is -0.324. The van der Waals surface area contributed by atoms with Gasteiger partial charge in [0.25, 0.3) is 0 Å². The third kappa shape index (κ3) is 7.33. The fourth-order valence-electron chi connectivity index (χ4n) is 11.5. The molecule has 0 aromatic rings. The van der Waals surface area contributed by atoms with E-state index < -0.39 is 104 Å². The van der Waals surface area contributed by atoms with Gasteiger partial charge in [-0.05, 0) is 87.4 Å². The molecule has 0 bridgehead atoms. The Hall–Kier alpha value is -1.08. The SMILES string of the molecule is CC(C)=CC[C@H](O)[C@@H](C)[C@H]1[C@@H](O[C@@H]2O[C@H](CO)[C@@H](O)[C@H](O)[C@H]2O)C[C@H]2[C@@H]3CC=C4C[C@@H](O)C[C@@H](O[C@@H]5O[C@H](CO)[C@@H](O)[C@H](O)[C@H]5O)[C@]4(C)[C@H]3CC[C@@]12C. The second-order valence-corrected chi connectivity index (χ2v) is 17.7. The van der Waals surface area contributed by atoms with Gasteiger partial charge in [0.1, 0.15) is 48.8 Å². The summed E-state index contributed by atoms with van der Waals surface area (Å²) in [6, 6.07) is 0. The van der Waals surface area contributed by atoms with Gasteiger partial charge in [0.2, 0.25) is 0 Å². The number of allylic oxidation sites excluding steroid dienone is 2. The number of aliphatic hydroxyl groups excluding tert-OH is 10. The smallest absolute Gasteiger partial charge is 0.187 e. The summed E-state index contributed by atoms with van der Waals surface area (Å²) in [5.74, 6) is -0.154. The first kappa shape index (κ1) is 41.6. The summed E-state index contributed by atoms with van der Waals surface area (Å²) in [5.41, 5.74) is 1.24. The van der Waals surface area contributed by atoms with E-state index in [-0.39, 0.29) is 41.4 Å². The summed E-state index contributed by atoms with van der Waals surface area (Å²) in [4.78, 5) is 0. The number of hydrogen-bond donors (Lipinski definition) is 10. The number of aliphatic hydroxyl groups is 10. The highest BCUT2D eigenvalue weighted by Crippen LogP contribution is 2.68. The van der Waals surface area contributed by atoms with Crippen molar-refractivity contribution in [3.05, 3.63) is 23.3 Å². The predicted octanol–water partition coefficient (Wildman–Crippen LogP) is -0.130. The van der Waals surface area contributed by atoms with Crippen LogP contribution in [0.15, 0.2) is 23.3 Å². The molecule has 10 N–H and O–H groups in total. The Balaban J connectivity index is 1.32. The summed E-state index contributed by atoms with van der Waals surface area (Å²) < 4.78 is 24.7. The van der Waals surface area contributed by atoms with Crippen molar-refractivity contribution in [3.8, 4) is 0 Å². The van der Waals surface area contributed by atoms with Crippen LogP contribution in [0, 0.1) is 40.4 Å². The Morgan fingerprint density at radius 1 is 0.849 bits per heavy atom. The molecule has 3 saturated carbocycles. The molecule has 2 saturated heterocycles. The van der Waals surface area contributed by atoms with Crippen LogP contribution in [0.25, 0.3) is 0 Å². The molecule has 0 unspecified atom stereocenters. The van der Waals surface area contributed by atoms with E-state index >= 15 is 0 Å². The molecule has 0 spiro atoms. The highest BCUT2D eigenvalue weighted by Gasteiger charge is 2.65. The van der Waals surface area contributed by atoms with E-state index in [0.717, 1.165) is 30.4 Å². The van der Waals surface area contributed by atoms with E-state index in [0.29, 0.717) is 19.3 Å². The van der Waals surface area contributed by atoms with Crippen molar-refractivity contribution < 1.29 is 70.0 Å². The van der Waals surface area contributed by atoms with Crippen LogP contribution in [0.1, 0.15) is 79.6 Å². The number of fused-ring (bicyclic) bond motifs is 5. The lowest BCUT2D eigenvalue weighted by atomic mass is 9.46. The van der Waals surface area contributed by atoms with Gasteiger partial charge in [-0.3, -0.25) is 0 Å². The predicted molar refractivity (Wildman–Crippen MR) is 188 cm³/mol. The molecule has 0 amide bonds. The maximum absolute atomic E-state index is 11.6. The Kier molecular flexibility index (Phi) is 12.6. The van der Waals surface area contributed by atoms with Crippen LogP contribution in [0.3, 0.4) is 0 Å². The lowest BCUT2D eigenvalue weighted by Gasteiger charge is -2.60. The highest BCUT2D eigenvalue weighted by atomic mass is 16.7. The van der Waals surface area contributed by atoms with E-state index in [1.807, 2.05) is 26.8 Å². The van der Waals surface area contributed by atoms with Crippen molar-refractivity contribution >= 4 is 0 Å². The van der Waals surface area contributed by atoms with Gasteiger partial charge in [-0.2, -0.15) is 0 Å². The first-order chi connectivity index (χ1) is 25.0. The largest absolute Gasteiger partial charge is 0.394 e.